The van der Waals surface area contributed by atoms with E-state index in [1.807, 2.05) is 19.9 Å². The van der Waals surface area contributed by atoms with Crippen molar-refractivity contribution < 1.29 is 14.7 Å². The van der Waals surface area contributed by atoms with Crippen molar-refractivity contribution in [3.63, 3.8) is 0 Å². The third-order valence-corrected chi connectivity index (χ3v) is 2.64. The van der Waals surface area contributed by atoms with E-state index < -0.39 is 5.97 Å². The normalized spacial score (nSPS) is 10.7. The van der Waals surface area contributed by atoms with Crippen LogP contribution in [0.3, 0.4) is 0 Å². The first-order chi connectivity index (χ1) is 8.37. The molecule has 0 saturated carbocycles. The van der Waals surface area contributed by atoms with Gasteiger partial charge in [0.25, 0.3) is 0 Å². The van der Waals surface area contributed by atoms with Crippen LogP contribution >= 0.6 is 0 Å². The quantitative estimate of drug-likeness (QED) is 0.411. The summed E-state index contributed by atoms with van der Waals surface area (Å²) in [6, 6.07) is 1.83. The zero-order chi connectivity index (χ0) is 14.0. The van der Waals surface area contributed by atoms with E-state index in [0.29, 0.717) is 13.0 Å². The Bertz CT molecular complexity index is 321. The van der Waals surface area contributed by atoms with Crippen molar-refractivity contribution >= 4 is 11.9 Å². The molecule has 0 aliphatic carbocycles. The summed E-state index contributed by atoms with van der Waals surface area (Å²) in [6.07, 6.45) is 1.58. The first-order valence-electron chi connectivity index (χ1n) is 5.93. The van der Waals surface area contributed by atoms with Crippen molar-refractivity contribution in [3.8, 4) is 6.07 Å². The van der Waals surface area contributed by atoms with Crippen LogP contribution in [0, 0.1) is 16.7 Å². The van der Waals surface area contributed by atoms with Gasteiger partial charge in [0.05, 0.1) is 12.6 Å². The van der Waals surface area contributed by atoms with Crippen LogP contribution in [0.25, 0.3) is 0 Å². The van der Waals surface area contributed by atoms with Gasteiger partial charge in [0, 0.05) is 6.42 Å². The minimum Gasteiger partial charge on any atom is -0.481 e. The number of hydrogen-bond donors (Lipinski definition) is 3. The number of hydrogen-bond acceptors (Lipinski definition) is 4. The Labute approximate surface area is 107 Å². The molecule has 0 unspecified atom stereocenters. The van der Waals surface area contributed by atoms with Crippen LogP contribution in [0.1, 0.15) is 33.1 Å². The van der Waals surface area contributed by atoms with Gasteiger partial charge in [-0.25, -0.2) is 0 Å². The molecule has 0 aromatic heterocycles. The van der Waals surface area contributed by atoms with Crippen LogP contribution in [-0.2, 0) is 9.59 Å². The molecule has 18 heavy (non-hydrogen) atoms. The lowest BCUT2D eigenvalue weighted by atomic mass is 9.84. The molecular formula is C12H21N3O3. The molecule has 0 atom stereocenters. The number of rotatable bonds is 9. The number of nitrogens with one attached hydrogen (secondary N) is 2. The maximum absolute atomic E-state index is 11.1. The molecule has 0 aromatic carbocycles. The Morgan fingerprint density at radius 3 is 2.56 bits per heavy atom. The fraction of sp³-hybridized carbons (Fsp3) is 0.750. The van der Waals surface area contributed by atoms with Crippen LogP contribution in [0.5, 0.6) is 0 Å². The Morgan fingerprint density at radius 2 is 2.00 bits per heavy atom. The SMILES string of the molecule is CC(C)(CCNCC(=O)NCC#N)CCC(=O)O. The number of aliphatic carboxylic acids is 1. The van der Waals surface area contributed by atoms with Crippen LogP contribution in [0.2, 0.25) is 0 Å². The zero-order valence-corrected chi connectivity index (χ0v) is 11.0. The van der Waals surface area contributed by atoms with E-state index in [4.69, 9.17) is 10.4 Å². The number of nitriles is 1. The van der Waals surface area contributed by atoms with Gasteiger partial charge in [-0.2, -0.15) is 5.26 Å². The molecule has 0 radical (unpaired) electrons. The standard InChI is InChI=1S/C12H21N3O3/c1-12(2,4-3-11(17)18)5-7-14-9-10(16)15-8-6-13/h14H,3-5,7-9H2,1-2H3,(H,15,16)(H,17,18). The Morgan fingerprint density at radius 1 is 1.33 bits per heavy atom. The number of carboxylic acid groups (broad SMARTS) is 1. The second-order valence-corrected chi connectivity index (χ2v) is 4.92. The Balaban J connectivity index is 3.67. The van der Waals surface area contributed by atoms with E-state index in [1.165, 1.54) is 0 Å². The third kappa shape index (κ3) is 9.60. The molecule has 0 aliphatic rings. The van der Waals surface area contributed by atoms with Gasteiger partial charge in [-0.05, 0) is 24.8 Å². The Kier molecular flexibility index (Phi) is 7.72. The fourth-order valence-corrected chi connectivity index (χ4v) is 1.40. The summed E-state index contributed by atoms with van der Waals surface area (Å²) in [5, 5.41) is 22.3. The molecule has 6 heteroatoms. The Hall–Kier alpha value is -1.61. The number of amides is 1. The predicted molar refractivity (Wildman–Crippen MR) is 66.8 cm³/mol. The van der Waals surface area contributed by atoms with E-state index in [2.05, 4.69) is 10.6 Å². The van der Waals surface area contributed by atoms with Crippen molar-refractivity contribution in [1.82, 2.24) is 10.6 Å². The lowest BCUT2D eigenvalue weighted by Crippen LogP contribution is -2.35. The maximum atomic E-state index is 11.1. The van der Waals surface area contributed by atoms with E-state index in [0.717, 1.165) is 6.42 Å². The molecule has 1 amide bonds. The topological polar surface area (TPSA) is 102 Å². The van der Waals surface area contributed by atoms with E-state index in [9.17, 15) is 9.59 Å². The summed E-state index contributed by atoms with van der Waals surface area (Å²) in [6.45, 7) is 4.86. The molecule has 102 valence electrons. The number of nitrogens with zero attached hydrogens (tertiary/aromatic N) is 1. The highest BCUT2D eigenvalue weighted by atomic mass is 16.4. The van der Waals surface area contributed by atoms with Gasteiger partial charge in [0.2, 0.25) is 5.91 Å². The van der Waals surface area contributed by atoms with Gasteiger partial charge in [-0.15, -0.1) is 0 Å². The molecule has 0 saturated heterocycles. The molecular weight excluding hydrogens is 234 g/mol. The second-order valence-electron chi connectivity index (χ2n) is 4.92. The first-order valence-corrected chi connectivity index (χ1v) is 5.93. The van der Waals surface area contributed by atoms with Gasteiger partial charge in [-0.1, -0.05) is 13.8 Å². The summed E-state index contributed by atoms with van der Waals surface area (Å²) in [5.41, 5.74) is -0.0610. The smallest absolute Gasteiger partial charge is 0.303 e. The first kappa shape index (κ1) is 16.4. The zero-order valence-electron chi connectivity index (χ0n) is 11.0. The second kappa shape index (κ2) is 8.48. The average molecular weight is 255 g/mol. The largest absolute Gasteiger partial charge is 0.481 e. The van der Waals surface area contributed by atoms with Crippen LogP contribution in [-0.4, -0.2) is 36.6 Å². The molecule has 0 spiro atoms. The third-order valence-electron chi connectivity index (χ3n) is 2.64. The van der Waals surface area contributed by atoms with Crippen LogP contribution in [0.4, 0.5) is 0 Å². The van der Waals surface area contributed by atoms with Gasteiger partial charge in [-0.3, -0.25) is 9.59 Å². The lowest BCUT2D eigenvalue weighted by Gasteiger charge is -2.23. The molecule has 3 N–H and O–H groups in total. The summed E-state index contributed by atoms with van der Waals surface area (Å²) >= 11 is 0. The number of carbonyl (C=O) groups excluding carboxylic acids is 1. The molecule has 6 nitrogen and oxygen atoms in total. The average Bonchev–Trinajstić information content (AvgIpc) is 2.30. The summed E-state index contributed by atoms with van der Waals surface area (Å²) in [7, 11) is 0. The number of carboxylic acids is 1. The minimum atomic E-state index is -0.785. The summed E-state index contributed by atoms with van der Waals surface area (Å²) < 4.78 is 0. The maximum Gasteiger partial charge on any atom is 0.303 e. The molecule has 0 fully saturated rings. The molecule has 0 heterocycles. The minimum absolute atomic E-state index is 0.0185. The molecule has 0 bridgehead atoms. The predicted octanol–water partition coefficient (Wildman–Crippen LogP) is 0.497. The van der Waals surface area contributed by atoms with Crippen molar-refractivity contribution in [2.24, 2.45) is 5.41 Å². The monoisotopic (exact) mass is 255 g/mol. The van der Waals surface area contributed by atoms with Crippen LogP contribution in [0.15, 0.2) is 0 Å². The van der Waals surface area contributed by atoms with Gasteiger partial charge in [0.15, 0.2) is 0 Å². The van der Waals surface area contributed by atoms with Crippen molar-refractivity contribution in [3.05, 3.63) is 0 Å². The molecule has 0 rings (SSSR count). The highest BCUT2D eigenvalue weighted by Crippen LogP contribution is 2.25. The summed E-state index contributed by atoms with van der Waals surface area (Å²) in [5.74, 6) is -0.994. The highest BCUT2D eigenvalue weighted by Gasteiger charge is 2.18. The van der Waals surface area contributed by atoms with E-state index in [1.54, 1.807) is 0 Å². The number of carbonyl (C=O) groups is 2. The van der Waals surface area contributed by atoms with Crippen molar-refractivity contribution in [1.29, 1.82) is 5.26 Å². The van der Waals surface area contributed by atoms with Gasteiger partial charge < -0.3 is 15.7 Å². The fourth-order valence-electron chi connectivity index (χ4n) is 1.40. The molecule has 0 aliphatic heterocycles. The van der Waals surface area contributed by atoms with Gasteiger partial charge >= 0.3 is 5.97 Å². The van der Waals surface area contributed by atoms with Crippen molar-refractivity contribution in [2.45, 2.75) is 33.1 Å². The summed E-state index contributed by atoms with van der Waals surface area (Å²) in [4.78, 5) is 21.6. The van der Waals surface area contributed by atoms with Gasteiger partial charge in [0.1, 0.15) is 6.54 Å². The lowest BCUT2D eigenvalue weighted by molar-refractivity contribution is -0.137. The van der Waals surface area contributed by atoms with Crippen LogP contribution < -0.4 is 10.6 Å². The molecule has 0 aromatic rings. The van der Waals surface area contributed by atoms with E-state index in [-0.39, 0.29) is 30.8 Å². The van der Waals surface area contributed by atoms with E-state index >= 15 is 0 Å². The van der Waals surface area contributed by atoms with Crippen molar-refractivity contribution in [2.75, 3.05) is 19.6 Å². The highest BCUT2D eigenvalue weighted by molar-refractivity contribution is 5.78.